The first-order chi connectivity index (χ1) is 22.3. The van der Waals surface area contributed by atoms with Crippen LogP contribution in [0.1, 0.15) is 29.7 Å². The highest BCUT2D eigenvalue weighted by Crippen LogP contribution is 2.35. The molecule has 0 bridgehead atoms. The molecular formula is C36H29Cl2N3O4S. The zero-order valence-electron chi connectivity index (χ0n) is 24.8. The Morgan fingerprint density at radius 1 is 1.09 bits per heavy atom. The Morgan fingerprint density at radius 3 is 2.24 bits per heavy atom. The Morgan fingerprint density at radius 2 is 1.70 bits per heavy atom. The number of nitrogens with one attached hydrogen (secondary N) is 1. The van der Waals surface area contributed by atoms with Crippen molar-refractivity contribution in [3.8, 4) is 18.1 Å². The van der Waals surface area contributed by atoms with Crippen LogP contribution in [0.4, 0.5) is 0 Å². The molecule has 0 atom stereocenters. The van der Waals surface area contributed by atoms with Crippen LogP contribution in [0.2, 0.25) is 10.0 Å². The summed E-state index contributed by atoms with van der Waals surface area (Å²) in [5, 5.41) is 3.43. The smallest absolute Gasteiger partial charge is 0.285 e. The van der Waals surface area contributed by atoms with Gasteiger partial charge >= 0.3 is 0 Å². The highest BCUT2D eigenvalue weighted by Gasteiger charge is 2.35. The van der Waals surface area contributed by atoms with E-state index in [0.29, 0.717) is 11.3 Å². The summed E-state index contributed by atoms with van der Waals surface area (Å²) in [6.45, 7) is 5.40. The fourth-order valence-corrected chi connectivity index (χ4v) is 5.90. The molecule has 0 aliphatic carbocycles. The van der Waals surface area contributed by atoms with E-state index in [-0.39, 0.29) is 44.8 Å². The molecule has 7 nitrogen and oxygen atoms in total. The van der Waals surface area contributed by atoms with Gasteiger partial charge in [0.2, 0.25) is 5.91 Å². The fourth-order valence-electron chi connectivity index (χ4n) is 4.47. The Balaban J connectivity index is 1.63. The van der Waals surface area contributed by atoms with Crippen LogP contribution < -0.4 is 10.1 Å². The van der Waals surface area contributed by atoms with Gasteiger partial charge in [-0.2, -0.15) is 4.99 Å². The van der Waals surface area contributed by atoms with Crippen molar-refractivity contribution in [3.63, 3.8) is 0 Å². The van der Waals surface area contributed by atoms with Crippen molar-refractivity contribution in [3.05, 3.63) is 142 Å². The number of aliphatic imine (C=N–C) groups is 1. The van der Waals surface area contributed by atoms with Crippen molar-refractivity contribution in [2.24, 2.45) is 4.99 Å². The molecular weight excluding hydrogens is 641 g/mol. The van der Waals surface area contributed by atoms with E-state index in [4.69, 9.17) is 34.4 Å². The predicted molar refractivity (Wildman–Crippen MR) is 186 cm³/mol. The molecule has 1 aliphatic rings. The van der Waals surface area contributed by atoms with E-state index >= 15 is 0 Å². The van der Waals surface area contributed by atoms with E-state index in [9.17, 15) is 14.4 Å². The van der Waals surface area contributed by atoms with Gasteiger partial charge < -0.3 is 10.1 Å². The van der Waals surface area contributed by atoms with Gasteiger partial charge in [-0.1, -0.05) is 126 Å². The summed E-state index contributed by atoms with van der Waals surface area (Å²) < 4.78 is 5.40. The average molecular weight is 671 g/mol. The number of carbonyl (C=O) groups excluding carboxylic acids is 3. The molecule has 46 heavy (non-hydrogen) atoms. The number of hydrogen-bond donors (Lipinski definition) is 1. The third-order valence-electron chi connectivity index (χ3n) is 6.54. The first-order valence-corrected chi connectivity index (χ1v) is 15.7. The van der Waals surface area contributed by atoms with Crippen LogP contribution in [0.5, 0.6) is 5.75 Å². The Labute approximate surface area is 282 Å². The average Bonchev–Trinajstić information content (AvgIpc) is 3.06. The minimum Gasteiger partial charge on any atom is -0.478 e. The van der Waals surface area contributed by atoms with Crippen LogP contribution in [-0.2, 0) is 14.4 Å². The monoisotopic (exact) mass is 669 g/mol. The summed E-state index contributed by atoms with van der Waals surface area (Å²) >= 11 is 13.7. The molecule has 4 rings (SSSR count). The first kappa shape index (κ1) is 34.1. The normalized spacial score (nSPS) is 14.4. The first-order valence-electron chi connectivity index (χ1n) is 14.0. The van der Waals surface area contributed by atoms with Crippen molar-refractivity contribution >= 4 is 63.9 Å². The summed E-state index contributed by atoms with van der Waals surface area (Å²) in [7, 11) is 0. The molecule has 3 aromatic carbocycles. The van der Waals surface area contributed by atoms with Crippen molar-refractivity contribution in [2.45, 2.75) is 13.0 Å². The summed E-state index contributed by atoms with van der Waals surface area (Å²) in [5.74, 6) is 0.679. The molecule has 0 spiro atoms. The molecule has 3 aromatic rings. The third kappa shape index (κ3) is 8.46. The Kier molecular flexibility index (Phi) is 12.2. The molecule has 1 N–H and O–H groups in total. The lowest BCUT2D eigenvalue weighted by atomic mass is 9.99. The maximum Gasteiger partial charge on any atom is 0.285 e. The zero-order valence-corrected chi connectivity index (χ0v) is 27.1. The van der Waals surface area contributed by atoms with Crippen LogP contribution >= 0.6 is 35.0 Å². The van der Waals surface area contributed by atoms with Crippen molar-refractivity contribution < 1.29 is 19.1 Å². The molecule has 0 saturated carbocycles. The summed E-state index contributed by atoms with van der Waals surface area (Å²) in [6, 6.07) is 21.8. The van der Waals surface area contributed by atoms with Gasteiger partial charge in [-0.15, -0.1) is 6.42 Å². The molecule has 10 heteroatoms. The topological polar surface area (TPSA) is 88.1 Å². The molecule has 1 aliphatic heterocycles. The third-order valence-corrected chi connectivity index (χ3v) is 8.04. The largest absolute Gasteiger partial charge is 0.478 e. The fraction of sp³-hybridized carbons (Fsp3) is 0.111. The van der Waals surface area contributed by atoms with E-state index in [1.165, 1.54) is 23.1 Å². The quantitative estimate of drug-likeness (QED) is 0.0995. The van der Waals surface area contributed by atoms with Crippen LogP contribution in [0, 0.1) is 12.3 Å². The number of allylic oxidation sites excluding steroid dienone is 4. The predicted octanol–water partition coefficient (Wildman–Crippen LogP) is 7.40. The van der Waals surface area contributed by atoms with Gasteiger partial charge in [-0.3, -0.25) is 19.3 Å². The number of thioether (sulfide) groups is 1. The number of halogens is 2. The maximum atomic E-state index is 13.9. The van der Waals surface area contributed by atoms with Gasteiger partial charge in [-0.25, -0.2) is 0 Å². The number of rotatable bonds is 11. The molecule has 0 unspecified atom stereocenters. The molecule has 1 heterocycles. The van der Waals surface area contributed by atoms with Gasteiger partial charge in [0.15, 0.2) is 10.9 Å². The molecule has 232 valence electrons. The Hall–Kier alpha value is -4.81. The van der Waals surface area contributed by atoms with E-state index in [1.54, 1.807) is 31.2 Å². The number of benzene rings is 3. The second-order valence-electron chi connectivity index (χ2n) is 9.62. The number of nitrogens with zero attached hydrogens (tertiary/aromatic N) is 2. The second-order valence-corrected chi connectivity index (χ2v) is 11.4. The van der Waals surface area contributed by atoms with Crippen LogP contribution in [0.3, 0.4) is 0 Å². The number of ether oxygens (including phenoxy) is 1. The summed E-state index contributed by atoms with van der Waals surface area (Å²) in [6.07, 6.45) is 13.2. The number of amidine groups is 1. The van der Waals surface area contributed by atoms with Gasteiger partial charge in [0.05, 0.1) is 21.8 Å². The zero-order chi connectivity index (χ0) is 33.1. The summed E-state index contributed by atoms with van der Waals surface area (Å²) in [4.78, 5) is 46.0. The standard InChI is InChI=1S/C36H29Cl2N3O4S/c1-4-7-18-27(6-3)41-35(44)28(20-24-21-29(37)33(30(38)22-24)45-19-5-2)34(43)40-36(41)46-23-31(42)39-32(25-14-10-8-11-15-25)26-16-12-9-13-17-26/h2,4,6-18,20-22,32H,1,19,23H2,3H3,(H,39,42)/b18-7-,27-6+,28-20+. The van der Waals surface area contributed by atoms with Gasteiger partial charge in [-0.05, 0) is 47.9 Å². The van der Waals surface area contributed by atoms with Crippen LogP contribution in [-0.4, -0.2) is 40.1 Å². The number of amides is 3. The summed E-state index contributed by atoms with van der Waals surface area (Å²) in [5.41, 5.74) is 2.39. The SMILES string of the molecule is C#CCOc1c(Cl)cc(/C=C2\C(=O)N=C(SCC(=O)NC(c3ccccc3)c3ccccc3)N(C(/C=C\C=C)=C/C)C2=O)cc1Cl. The van der Waals surface area contributed by atoms with Gasteiger partial charge in [0, 0.05) is 5.70 Å². The highest BCUT2D eigenvalue weighted by molar-refractivity contribution is 8.14. The lowest BCUT2D eigenvalue weighted by Gasteiger charge is -2.28. The molecule has 0 aromatic heterocycles. The van der Waals surface area contributed by atoms with Crippen molar-refractivity contribution in [1.82, 2.24) is 10.2 Å². The molecule has 0 radical (unpaired) electrons. The van der Waals surface area contributed by atoms with Crippen LogP contribution in [0.15, 0.2) is 120 Å². The second kappa shape index (κ2) is 16.5. The minimum absolute atomic E-state index is 0.0392. The van der Waals surface area contributed by atoms with E-state index < -0.39 is 17.9 Å². The maximum absolute atomic E-state index is 13.9. The lowest BCUT2D eigenvalue weighted by Crippen LogP contribution is -2.42. The molecule has 0 fully saturated rings. The van der Waals surface area contributed by atoms with E-state index in [1.807, 2.05) is 60.7 Å². The highest BCUT2D eigenvalue weighted by atomic mass is 35.5. The number of carbonyl (C=O) groups is 3. The lowest BCUT2D eigenvalue weighted by molar-refractivity contribution is -0.126. The molecule has 3 amide bonds. The molecule has 0 saturated heterocycles. The van der Waals surface area contributed by atoms with Crippen molar-refractivity contribution in [1.29, 1.82) is 0 Å². The van der Waals surface area contributed by atoms with Crippen LogP contribution in [0.25, 0.3) is 6.08 Å². The Bertz CT molecular complexity index is 1730. The number of terminal acetylenes is 1. The van der Waals surface area contributed by atoms with E-state index in [0.717, 1.165) is 22.9 Å². The number of hydrogen-bond acceptors (Lipinski definition) is 5. The van der Waals surface area contributed by atoms with Gasteiger partial charge in [0.25, 0.3) is 11.8 Å². The van der Waals surface area contributed by atoms with Gasteiger partial charge in [0.1, 0.15) is 12.2 Å². The van der Waals surface area contributed by atoms with E-state index in [2.05, 4.69) is 22.8 Å². The minimum atomic E-state index is -0.779. The van der Waals surface area contributed by atoms with Crippen molar-refractivity contribution in [2.75, 3.05) is 12.4 Å².